The standard InChI is InChI=1S/C22H19F2N3O2S/c23-22(24,14-6-2-1-3-7-14)21-27-26-20(29-21)19-18(28-15-10-12-25-13-11-15)16-8-4-5-9-17(16)30-19/h1-9,15,25H,10-13H2. The van der Waals surface area contributed by atoms with E-state index in [0.29, 0.717) is 10.6 Å². The number of aromatic nitrogens is 2. The molecule has 0 unspecified atom stereocenters. The van der Waals surface area contributed by atoms with Crippen molar-refractivity contribution >= 4 is 21.4 Å². The van der Waals surface area contributed by atoms with Crippen LogP contribution < -0.4 is 10.1 Å². The van der Waals surface area contributed by atoms with E-state index in [0.717, 1.165) is 36.0 Å². The largest absolute Gasteiger partial charge is 0.488 e. The first-order valence-corrected chi connectivity index (χ1v) is 10.6. The number of benzene rings is 2. The lowest BCUT2D eigenvalue weighted by atomic mass is 10.1. The Morgan fingerprint density at radius 3 is 2.53 bits per heavy atom. The first-order valence-electron chi connectivity index (χ1n) is 9.79. The van der Waals surface area contributed by atoms with Crippen LogP contribution in [0.3, 0.4) is 0 Å². The normalized spacial score (nSPS) is 15.5. The zero-order valence-electron chi connectivity index (χ0n) is 16.0. The summed E-state index contributed by atoms with van der Waals surface area (Å²) in [7, 11) is 0. The first kappa shape index (κ1) is 19.1. The molecular weight excluding hydrogens is 408 g/mol. The van der Waals surface area contributed by atoms with Crippen LogP contribution in [0.15, 0.2) is 59.0 Å². The summed E-state index contributed by atoms with van der Waals surface area (Å²) in [5.41, 5.74) is -0.192. The van der Waals surface area contributed by atoms with Crippen LogP contribution in [0.4, 0.5) is 8.78 Å². The average Bonchev–Trinajstić information content (AvgIpc) is 3.41. The maximum absolute atomic E-state index is 14.9. The smallest absolute Gasteiger partial charge is 0.349 e. The summed E-state index contributed by atoms with van der Waals surface area (Å²) in [6, 6.07) is 15.3. The number of rotatable bonds is 5. The number of ether oxygens (including phenoxy) is 1. The van der Waals surface area contributed by atoms with Crippen LogP contribution in [0.1, 0.15) is 24.3 Å². The second-order valence-corrected chi connectivity index (χ2v) is 8.23. The third-order valence-electron chi connectivity index (χ3n) is 5.14. The lowest BCUT2D eigenvalue weighted by Gasteiger charge is -2.24. The Labute approximate surface area is 175 Å². The Morgan fingerprint density at radius 2 is 1.73 bits per heavy atom. The number of nitrogens with zero attached hydrogens (tertiary/aromatic N) is 2. The van der Waals surface area contributed by atoms with Gasteiger partial charge in [0.15, 0.2) is 5.75 Å². The molecule has 2 aromatic heterocycles. The van der Waals surface area contributed by atoms with Crippen LogP contribution in [0.25, 0.3) is 20.9 Å². The molecule has 1 aliphatic heterocycles. The van der Waals surface area contributed by atoms with Crippen molar-refractivity contribution in [2.45, 2.75) is 24.9 Å². The topological polar surface area (TPSA) is 60.2 Å². The third-order valence-corrected chi connectivity index (χ3v) is 6.28. The van der Waals surface area contributed by atoms with Gasteiger partial charge in [0.2, 0.25) is 0 Å². The number of piperidine rings is 1. The molecule has 0 saturated carbocycles. The fraction of sp³-hybridized carbons (Fsp3) is 0.273. The van der Waals surface area contributed by atoms with Crippen molar-refractivity contribution in [3.63, 3.8) is 0 Å². The SMILES string of the molecule is FC(F)(c1ccccc1)c1nnc(-c2sc3ccccc3c2OC2CCNCC2)o1. The van der Waals surface area contributed by atoms with Crippen LogP contribution in [0.5, 0.6) is 5.75 Å². The van der Waals surface area contributed by atoms with Gasteiger partial charge in [0.05, 0.1) is 0 Å². The van der Waals surface area contributed by atoms with E-state index in [1.54, 1.807) is 18.2 Å². The zero-order valence-corrected chi connectivity index (χ0v) is 16.8. The summed E-state index contributed by atoms with van der Waals surface area (Å²) in [4.78, 5) is 0.581. The molecule has 1 aliphatic rings. The van der Waals surface area contributed by atoms with Crippen molar-refractivity contribution < 1.29 is 17.9 Å². The number of thiophene rings is 1. The number of nitrogens with one attached hydrogen (secondary N) is 1. The highest BCUT2D eigenvalue weighted by molar-refractivity contribution is 7.22. The van der Waals surface area contributed by atoms with E-state index in [1.807, 2.05) is 24.3 Å². The van der Waals surface area contributed by atoms with Crippen LogP contribution in [-0.2, 0) is 5.92 Å². The van der Waals surface area contributed by atoms with E-state index in [1.165, 1.54) is 23.5 Å². The minimum absolute atomic E-state index is 0.0470. The molecule has 0 spiro atoms. The molecular formula is C22H19F2N3O2S. The molecule has 0 bridgehead atoms. The molecule has 0 amide bonds. The van der Waals surface area contributed by atoms with E-state index in [4.69, 9.17) is 9.15 Å². The van der Waals surface area contributed by atoms with Gasteiger partial charge in [0, 0.05) is 15.6 Å². The minimum atomic E-state index is -3.38. The Morgan fingerprint density at radius 1 is 1.00 bits per heavy atom. The van der Waals surface area contributed by atoms with Gasteiger partial charge in [-0.05, 0) is 38.1 Å². The van der Waals surface area contributed by atoms with Crippen LogP contribution in [0, 0.1) is 0 Å². The highest BCUT2D eigenvalue weighted by Gasteiger charge is 2.40. The Hall–Kier alpha value is -2.84. The zero-order chi connectivity index (χ0) is 20.6. The van der Waals surface area contributed by atoms with E-state index >= 15 is 0 Å². The van der Waals surface area contributed by atoms with E-state index in [9.17, 15) is 8.78 Å². The van der Waals surface area contributed by atoms with Gasteiger partial charge in [-0.3, -0.25) is 0 Å². The van der Waals surface area contributed by atoms with E-state index in [-0.39, 0.29) is 17.6 Å². The average molecular weight is 427 g/mol. The lowest BCUT2D eigenvalue weighted by Crippen LogP contribution is -2.34. The monoisotopic (exact) mass is 427 g/mol. The molecule has 0 atom stereocenters. The molecule has 8 heteroatoms. The van der Waals surface area contributed by atoms with Gasteiger partial charge in [-0.2, -0.15) is 8.78 Å². The van der Waals surface area contributed by atoms with Crippen LogP contribution in [0.2, 0.25) is 0 Å². The highest BCUT2D eigenvalue weighted by Crippen LogP contribution is 2.46. The highest BCUT2D eigenvalue weighted by atomic mass is 32.1. The molecule has 5 rings (SSSR count). The van der Waals surface area contributed by atoms with Gasteiger partial charge in [0.1, 0.15) is 11.0 Å². The Balaban J connectivity index is 1.54. The van der Waals surface area contributed by atoms with E-state index < -0.39 is 11.8 Å². The van der Waals surface area contributed by atoms with Crippen molar-refractivity contribution in [3.8, 4) is 16.5 Å². The quantitative estimate of drug-likeness (QED) is 0.473. The summed E-state index contributed by atoms with van der Waals surface area (Å²) < 4.78 is 42.5. The van der Waals surface area contributed by atoms with Crippen molar-refractivity contribution in [2.24, 2.45) is 0 Å². The summed E-state index contributed by atoms with van der Waals surface area (Å²) in [6.45, 7) is 1.77. The van der Waals surface area contributed by atoms with Gasteiger partial charge < -0.3 is 14.5 Å². The molecule has 0 aliphatic carbocycles. The van der Waals surface area contributed by atoms with Gasteiger partial charge >= 0.3 is 5.92 Å². The second kappa shape index (κ2) is 7.77. The molecule has 3 heterocycles. The molecule has 1 saturated heterocycles. The summed E-state index contributed by atoms with van der Waals surface area (Å²) in [5, 5.41) is 11.9. The molecule has 0 radical (unpaired) electrons. The van der Waals surface area contributed by atoms with Gasteiger partial charge in [-0.15, -0.1) is 21.5 Å². The van der Waals surface area contributed by atoms with Gasteiger partial charge in [-0.1, -0.05) is 42.5 Å². The number of hydrogen-bond acceptors (Lipinski definition) is 6. The molecule has 4 aromatic rings. The van der Waals surface area contributed by atoms with Gasteiger partial charge in [-0.25, -0.2) is 0 Å². The maximum atomic E-state index is 14.9. The summed E-state index contributed by atoms with van der Waals surface area (Å²) >= 11 is 1.40. The molecule has 1 fully saturated rings. The van der Waals surface area contributed by atoms with Gasteiger partial charge in [0.25, 0.3) is 11.8 Å². The summed E-state index contributed by atoms with van der Waals surface area (Å²) in [6.07, 6.45) is 1.81. The first-order chi connectivity index (χ1) is 14.6. The second-order valence-electron chi connectivity index (χ2n) is 7.18. The number of halogens is 2. The summed E-state index contributed by atoms with van der Waals surface area (Å²) in [5.74, 6) is -3.43. The maximum Gasteiger partial charge on any atom is 0.349 e. The molecule has 5 nitrogen and oxygen atoms in total. The van der Waals surface area contributed by atoms with Crippen LogP contribution >= 0.6 is 11.3 Å². The fourth-order valence-electron chi connectivity index (χ4n) is 3.57. The Kier molecular flexibility index (Phi) is 4.96. The van der Waals surface area contributed by atoms with Crippen molar-refractivity contribution in [1.82, 2.24) is 15.5 Å². The predicted octanol–water partition coefficient (Wildman–Crippen LogP) is 5.22. The number of fused-ring (bicyclic) bond motifs is 1. The van der Waals surface area contributed by atoms with Crippen molar-refractivity contribution in [2.75, 3.05) is 13.1 Å². The number of alkyl halides is 2. The number of hydrogen-bond donors (Lipinski definition) is 1. The van der Waals surface area contributed by atoms with Crippen molar-refractivity contribution in [3.05, 3.63) is 66.1 Å². The Bertz CT molecular complexity index is 1150. The van der Waals surface area contributed by atoms with E-state index in [2.05, 4.69) is 15.5 Å². The molecule has 30 heavy (non-hydrogen) atoms. The lowest BCUT2D eigenvalue weighted by molar-refractivity contribution is 0.0135. The molecule has 1 N–H and O–H groups in total. The molecule has 2 aromatic carbocycles. The third kappa shape index (κ3) is 3.46. The van der Waals surface area contributed by atoms with Crippen LogP contribution in [-0.4, -0.2) is 29.4 Å². The molecule has 154 valence electrons. The minimum Gasteiger partial charge on any atom is -0.488 e. The predicted molar refractivity (Wildman–Crippen MR) is 111 cm³/mol. The van der Waals surface area contributed by atoms with Crippen molar-refractivity contribution in [1.29, 1.82) is 0 Å². The fourth-order valence-corrected chi connectivity index (χ4v) is 4.63.